The molecule has 17 heavy (non-hydrogen) atoms. The molecule has 0 amide bonds. The number of hydrogen-bond acceptors (Lipinski definition) is 2. The topological polar surface area (TPSA) is 39.2 Å². The number of alkyl halides is 3. The van der Waals surface area contributed by atoms with Crippen LogP contribution in [0.4, 0.5) is 18.9 Å². The van der Waals surface area contributed by atoms with Gasteiger partial charge in [0.2, 0.25) is 0 Å². The molecule has 2 nitrogen and oxygen atoms in total. The van der Waals surface area contributed by atoms with Gasteiger partial charge < -0.3 is 10.2 Å². The predicted molar refractivity (Wildman–Crippen MR) is 58.3 cm³/mol. The van der Waals surface area contributed by atoms with Crippen molar-refractivity contribution in [3.63, 3.8) is 0 Å². The monoisotopic (exact) mass is 241 g/mol. The molecule has 2 aromatic rings. The Morgan fingerprint density at radius 1 is 1.12 bits per heavy atom. The van der Waals surface area contributed by atoms with Gasteiger partial charge in [0, 0.05) is 11.3 Å². The molecule has 0 saturated heterocycles. The van der Waals surface area contributed by atoms with Crippen molar-refractivity contribution in [1.82, 2.24) is 0 Å². The molecule has 0 bridgehead atoms. The molecule has 1 aromatic heterocycles. The molecule has 1 heterocycles. The Kier molecular flexibility index (Phi) is 2.61. The Morgan fingerprint density at radius 3 is 2.35 bits per heavy atom. The van der Waals surface area contributed by atoms with Crippen molar-refractivity contribution in [3.05, 3.63) is 41.7 Å². The smallest absolute Gasteiger partial charge is 0.418 e. The Bertz CT molecular complexity index is 543. The number of furan rings is 1. The number of nitrogens with two attached hydrogens (primary N) is 1. The van der Waals surface area contributed by atoms with Crippen LogP contribution in [0.25, 0.3) is 11.3 Å². The molecule has 0 spiro atoms. The summed E-state index contributed by atoms with van der Waals surface area (Å²) >= 11 is 0. The summed E-state index contributed by atoms with van der Waals surface area (Å²) in [5, 5.41) is 0. The third kappa shape index (κ3) is 2.27. The van der Waals surface area contributed by atoms with E-state index >= 15 is 0 Å². The SMILES string of the molecule is Cc1ccc(-c2ccc(N)c(C(F)(F)F)c2)o1. The highest BCUT2D eigenvalue weighted by molar-refractivity contribution is 5.64. The second kappa shape index (κ2) is 3.84. The Labute approximate surface area is 95.8 Å². The van der Waals surface area contributed by atoms with E-state index in [-0.39, 0.29) is 5.69 Å². The summed E-state index contributed by atoms with van der Waals surface area (Å²) in [5.74, 6) is 1.04. The molecule has 0 aliphatic heterocycles. The van der Waals surface area contributed by atoms with E-state index in [0.717, 1.165) is 6.07 Å². The molecule has 0 atom stereocenters. The maximum absolute atomic E-state index is 12.6. The van der Waals surface area contributed by atoms with Crippen molar-refractivity contribution in [2.24, 2.45) is 0 Å². The quantitative estimate of drug-likeness (QED) is 0.770. The number of halogens is 3. The fourth-order valence-electron chi connectivity index (χ4n) is 1.54. The van der Waals surface area contributed by atoms with Crippen LogP contribution in [0.15, 0.2) is 34.7 Å². The Balaban J connectivity index is 2.51. The van der Waals surface area contributed by atoms with Crippen molar-refractivity contribution < 1.29 is 17.6 Å². The number of rotatable bonds is 1. The molecule has 5 heteroatoms. The first-order valence-electron chi connectivity index (χ1n) is 4.91. The van der Waals surface area contributed by atoms with Crippen LogP contribution in [-0.2, 0) is 6.18 Å². The van der Waals surface area contributed by atoms with E-state index in [2.05, 4.69) is 0 Å². The summed E-state index contributed by atoms with van der Waals surface area (Å²) in [6.07, 6.45) is -4.46. The predicted octanol–water partition coefficient (Wildman–Crippen LogP) is 3.86. The highest BCUT2D eigenvalue weighted by atomic mass is 19.4. The van der Waals surface area contributed by atoms with Gasteiger partial charge in [-0.1, -0.05) is 0 Å². The minimum atomic E-state index is -4.46. The molecule has 0 saturated carbocycles. The van der Waals surface area contributed by atoms with Crippen LogP contribution in [0, 0.1) is 6.92 Å². The zero-order chi connectivity index (χ0) is 12.6. The fraction of sp³-hybridized carbons (Fsp3) is 0.167. The van der Waals surface area contributed by atoms with E-state index in [9.17, 15) is 13.2 Å². The van der Waals surface area contributed by atoms with Crippen molar-refractivity contribution in [2.45, 2.75) is 13.1 Å². The summed E-state index contributed by atoms with van der Waals surface area (Å²) in [5.41, 5.74) is 4.54. The average Bonchev–Trinajstić information content (AvgIpc) is 2.64. The number of benzene rings is 1. The van der Waals surface area contributed by atoms with Crippen LogP contribution in [0.1, 0.15) is 11.3 Å². The number of nitrogen functional groups attached to an aromatic ring is 1. The van der Waals surface area contributed by atoms with E-state index in [1.165, 1.54) is 12.1 Å². The minimum absolute atomic E-state index is 0.287. The highest BCUT2D eigenvalue weighted by Gasteiger charge is 2.33. The number of anilines is 1. The van der Waals surface area contributed by atoms with Gasteiger partial charge in [0.15, 0.2) is 0 Å². The van der Waals surface area contributed by atoms with Crippen LogP contribution in [0.3, 0.4) is 0 Å². The average molecular weight is 241 g/mol. The zero-order valence-electron chi connectivity index (χ0n) is 9.01. The normalized spacial score (nSPS) is 11.8. The lowest BCUT2D eigenvalue weighted by molar-refractivity contribution is -0.136. The molecule has 0 aliphatic rings. The van der Waals surface area contributed by atoms with Crippen molar-refractivity contribution in [2.75, 3.05) is 5.73 Å². The van der Waals surface area contributed by atoms with Crippen LogP contribution < -0.4 is 5.73 Å². The van der Waals surface area contributed by atoms with Crippen LogP contribution in [0.2, 0.25) is 0 Å². The van der Waals surface area contributed by atoms with Crippen LogP contribution in [0.5, 0.6) is 0 Å². The van der Waals surface area contributed by atoms with E-state index in [1.807, 2.05) is 0 Å². The molecule has 0 radical (unpaired) electrons. The lowest BCUT2D eigenvalue weighted by atomic mass is 10.1. The molecule has 0 unspecified atom stereocenters. The standard InChI is InChI=1S/C12H10F3NO/c1-7-2-5-11(17-7)8-3-4-10(16)9(6-8)12(13,14)15/h2-6H,16H2,1H3. The summed E-state index contributed by atoms with van der Waals surface area (Å²) in [6.45, 7) is 1.73. The largest absolute Gasteiger partial charge is 0.461 e. The van der Waals surface area contributed by atoms with Gasteiger partial charge >= 0.3 is 6.18 Å². The zero-order valence-corrected chi connectivity index (χ0v) is 9.01. The van der Waals surface area contributed by atoms with Gasteiger partial charge in [-0.2, -0.15) is 13.2 Å². The molecular formula is C12H10F3NO. The summed E-state index contributed by atoms with van der Waals surface area (Å²) in [6, 6.07) is 7.05. The van der Waals surface area contributed by atoms with Crippen molar-refractivity contribution >= 4 is 5.69 Å². The van der Waals surface area contributed by atoms with Gasteiger partial charge in [0.1, 0.15) is 11.5 Å². The van der Waals surface area contributed by atoms with Crippen molar-refractivity contribution in [3.8, 4) is 11.3 Å². The summed E-state index contributed by atoms with van der Waals surface area (Å²) in [7, 11) is 0. The molecule has 0 aliphatic carbocycles. The molecule has 2 N–H and O–H groups in total. The first-order valence-corrected chi connectivity index (χ1v) is 4.91. The summed E-state index contributed by atoms with van der Waals surface area (Å²) < 4.78 is 43.2. The molecule has 90 valence electrons. The number of aryl methyl sites for hydroxylation is 1. The number of hydrogen-bond donors (Lipinski definition) is 1. The highest BCUT2D eigenvalue weighted by Crippen LogP contribution is 2.36. The third-order valence-electron chi connectivity index (χ3n) is 2.38. The Hall–Kier alpha value is -1.91. The van der Waals surface area contributed by atoms with Gasteiger partial charge in [-0.15, -0.1) is 0 Å². The second-order valence-corrected chi connectivity index (χ2v) is 3.71. The minimum Gasteiger partial charge on any atom is -0.461 e. The Morgan fingerprint density at radius 2 is 1.82 bits per heavy atom. The van der Waals surface area contributed by atoms with E-state index < -0.39 is 11.7 Å². The van der Waals surface area contributed by atoms with Crippen LogP contribution in [-0.4, -0.2) is 0 Å². The van der Waals surface area contributed by atoms with E-state index in [0.29, 0.717) is 17.1 Å². The molecule has 1 aromatic carbocycles. The van der Waals surface area contributed by atoms with Gasteiger partial charge in [-0.25, -0.2) is 0 Å². The maximum atomic E-state index is 12.6. The first kappa shape index (κ1) is 11.6. The molecular weight excluding hydrogens is 231 g/mol. The van der Waals surface area contributed by atoms with E-state index in [1.54, 1.807) is 19.1 Å². The molecule has 0 fully saturated rings. The van der Waals surface area contributed by atoms with Crippen molar-refractivity contribution in [1.29, 1.82) is 0 Å². The van der Waals surface area contributed by atoms with Crippen LogP contribution >= 0.6 is 0 Å². The van der Waals surface area contributed by atoms with Gasteiger partial charge in [0.25, 0.3) is 0 Å². The fourth-order valence-corrected chi connectivity index (χ4v) is 1.54. The van der Waals surface area contributed by atoms with Gasteiger partial charge in [-0.3, -0.25) is 0 Å². The maximum Gasteiger partial charge on any atom is 0.418 e. The van der Waals surface area contributed by atoms with E-state index in [4.69, 9.17) is 10.2 Å². The lowest BCUT2D eigenvalue weighted by Gasteiger charge is -2.10. The van der Waals surface area contributed by atoms with Gasteiger partial charge in [-0.05, 0) is 37.3 Å². The van der Waals surface area contributed by atoms with Gasteiger partial charge in [0.05, 0.1) is 5.56 Å². The molecule has 2 rings (SSSR count). The third-order valence-corrected chi connectivity index (χ3v) is 2.38. The first-order chi connectivity index (χ1) is 7.88. The second-order valence-electron chi connectivity index (χ2n) is 3.71. The lowest BCUT2D eigenvalue weighted by Crippen LogP contribution is -2.08. The summed E-state index contributed by atoms with van der Waals surface area (Å²) in [4.78, 5) is 0.